The fourth-order valence-corrected chi connectivity index (χ4v) is 2.35. The third-order valence-corrected chi connectivity index (χ3v) is 3.32. The minimum absolute atomic E-state index is 0.0115. The molecule has 0 aliphatic carbocycles. The Hall–Kier alpha value is -1.72. The Morgan fingerprint density at radius 2 is 2.06 bits per heavy atom. The lowest BCUT2D eigenvalue weighted by Gasteiger charge is -2.25. The van der Waals surface area contributed by atoms with Gasteiger partial charge in [-0.05, 0) is 12.0 Å². The fraction of sp³-hybridized carbons (Fsp3) is 0.385. The van der Waals surface area contributed by atoms with Gasteiger partial charge in [-0.15, -0.1) is 5.10 Å². The normalized spacial score (nSPS) is 14.4. The molecule has 2 aromatic rings. The molecule has 2 rings (SSSR count). The van der Waals surface area contributed by atoms with Gasteiger partial charge < -0.3 is 0 Å². The quantitative estimate of drug-likeness (QED) is 0.619. The average molecular weight is 245 g/mol. The van der Waals surface area contributed by atoms with Crippen LogP contribution in [0.15, 0.2) is 36.5 Å². The number of hydrazine groups is 1. The molecule has 1 aromatic heterocycles. The Morgan fingerprint density at radius 1 is 1.33 bits per heavy atom. The summed E-state index contributed by atoms with van der Waals surface area (Å²) in [7, 11) is 1.88. The van der Waals surface area contributed by atoms with Crippen LogP contribution in [0.2, 0.25) is 0 Å². The molecule has 96 valence electrons. The number of nitrogens with two attached hydrogens (primary N) is 1. The molecule has 0 saturated heterocycles. The highest BCUT2D eigenvalue weighted by Crippen LogP contribution is 2.32. The van der Waals surface area contributed by atoms with Gasteiger partial charge in [0.15, 0.2) is 0 Å². The van der Waals surface area contributed by atoms with Crippen molar-refractivity contribution in [3.63, 3.8) is 0 Å². The Morgan fingerprint density at radius 3 is 2.56 bits per heavy atom. The van der Waals surface area contributed by atoms with E-state index in [-0.39, 0.29) is 6.04 Å². The fourth-order valence-electron chi connectivity index (χ4n) is 2.35. The Bertz CT molecular complexity index is 479. The van der Waals surface area contributed by atoms with Gasteiger partial charge in [-0.25, -0.2) is 0 Å². The number of hydrogen-bond acceptors (Lipinski definition) is 4. The molecule has 1 aromatic carbocycles. The minimum atomic E-state index is 0.0115. The minimum Gasteiger partial charge on any atom is -0.271 e. The summed E-state index contributed by atoms with van der Waals surface area (Å²) < 4.78 is 1.76. The second-order valence-corrected chi connectivity index (χ2v) is 4.35. The second-order valence-electron chi connectivity index (χ2n) is 4.35. The predicted molar refractivity (Wildman–Crippen MR) is 70.5 cm³/mol. The zero-order valence-corrected chi connectivity index (χ0v) is 10.7. The Labute approximate surface area is 107 Å². The summed E-state index contributed by atoms with van der Waals surface area (Å²) >= 11 is 0. The molecule has 0 amide bonds. The second kappa shape index (κ2) is 5.75. The van der Waals surface area contributed by atoms with Gasteiger partial charge in [-0.3, -0.25) is 16.0 Å². The first-order chi connectivity index (χ1) is 8.77. The van der Waals surface area contributed by atoms with Gasteiger partial charge in [-0.2, -0.15) is 0 Å². The van der Waals surface area contributed by atoms with Crippen LogP contribution >= 0.6 is 0 Å². The predicted octanol–water partition coefficient (Wildman–Crippen LogP) is 1.51. The zero-order chi connectivity index (χ0) is 13.0. The molecule has 0 fully saturated rings. The maximum absolute atomic E-state index is 5.73. The van der Waals surface area contributed by atoms with Crippen molar-refractivity contribution in [2.75, 3.05) is 0 Å². The molecule has 0 aliphatic rings. The number of aromatic nitrogens is 3. The molecule has 18 heavy (non-hydrogen) atoms. The summed E-state index contributed by atoms with van der Waals surface area (Å²) in [6.45, 7) is 2.16. The third kappa shape index (κ3) is 2.42. The zero-order valence-electron chi connectivity index (χ0n) is 10.7. The van der Waals surface area contributed by atoms with Gasteiger partial charge in [0, 0.05) is 13.0 Å². The van der Waals surface area contributed by atoms with Crippen molar-refractivity contribution in [2.45, 2.75) is 25.3 Å². The SMILES string of the molecule is CCC(c1ccccc1)C(NN)c1cnnn1C. The van der Waals surface area contributed by atoms with Crippen molar-refractivity contribution < 1.29 is 0 Å². The van der Waals surface area contributed by atoms with Crippen LogP contribution in [0.5, 0.6) is 0 Å². The van der Waals surface area contributed by atoms with Crippen LogP contribution < -0.4 is 11.3 Å². The molecular weight excluding hydrogens is 226 g/mol. The van der Waals surface area contributed by atoms with Gasteiger partial charge in [0.1, 0.15) is 0 Å². The number of rotatable bonds is 5. The van der Waals surface area contributed by atoms with Crippen LogP contribution in [0.1, 0.15) is 36.6 Å². The van der Waals surface area contributed by atoms with Gasteiger partial charge in [0.05, 0.1) is 17.9 Å². The number of nitrogens with one attached hydrogen (secondary N) is 1. The standard InChI is InChI=1S/C13H19N5/c1-3-11(10-7-5-4-6-8-10)13(16-14)12-9-15-17-18(12)2/h4-9,11,13,16H,3,14H2,1-2H3. The maximum atomic E-state index is 5.73. The lowest BCUT2D eigenvalue weighted by atomic mass is 9.88. The summed E-state index contributed by atoms with van der Waals surface area (Å²) in [5, 5.41) is 7.89. The number of benzene rings is 1. The molecular formula is C13H19N5. The van der Waals surface area contributed by atoms with E-state index < -0.39 is 0 Å². The van der Waals surface area contributed by atoms with Crippen LogP contribution in [0.25, 0.3) is 0 Å². The topological polar surface area (TPSA) is 68.8 Å². The van der Waals surface area contributed by atoms with Crippen LogP contribution in [0.4, 0.5) is 0 Å². The van der Waals surface area contributed by atoms with Gasteiger partial charge in [0.25, 0.3) is 0 Å². The van der Waals surface area contributed by atoms with Crippen LogP contribution in [-0.4, -0.2) is 15.0 Å². The molecule has 5 heteroatoms. The molecule has 0 saturated carbocycles. The van der Waals surface area contributed by atoms with E-state index in [0.717, 1.165) is 12.1 Å². The molecule has 3 N–H and O–H groups in total. The van der Waals surface area contributed by atoms with Crippen molar-refractivity contribution in [1.82, 2.24) is 20.4 Å². The van der Waals surface area contributed by atoms with Crippen LogP contribution in [-0.2, 0) is 7.05 Å². The lowest BCUT2D eigenvalue weighted by molar-refractivity contribution is 0.420. The first kappa shape index (κ1) is 12.7. The number of hydrogen-bond donors (Lipinski definition) is 2. The molecule has 2 atom stereocenters. The van der Waals surface area contributed by atoms with E-state index in [1.165, 1.54) is 5.56 Å². The van der Waals surface area contributed by atoms with E-state index in [0.29, 0.717) is 5.92 Å². The van der Waals surface area contributed by atoms with Crippen LogP contribution in [0, 0.1) is 0 Å². The molecule has 0 bridgehead atoms. The van der Waals surface area contributed by atoms with Crippen molar-refractivity contribution in [3.8, 4) is 0 Å². The number of aryl methyl sites for hydroxylation is 1. The maximum Gasteiger partial charge on any atom is 0.0772 e. The summed E-state index contributed by atoms with van der Waals surface area (Å²) in [6, 6.07) is 10.4. The third-order valence-electron chi connectivity index (χ3n) is 3.32. The molecule has 1 heterocycles. The van der Waals surface area contributed by atoms with Gasteiger partial charge in [-0.1, -0.05) is 42.5 Å². The van der Waals surface area contributed by atoms with E-state index in [2.05, 4.69) is 34.8 Å². The first-order valence-corrected chi connectivity index (χ1v) is 6.13. The van der Waals surface area contributed by atoms with Gasteiger partial charge >= 0.3 is 0 Å². The summed E-state index contributed by atoms with van der Waals surface area (Å²) in [5.74, 6) is 6.03. The highest BCUT2D eigenvalue weighted by atomic mass is 15.4. The Kier molecular flexibility index (Phi) is 4.07. The Balaban J connectivity index is 2.34. The van der Waals surface area contributed by atoms with E-state index >= 15 is 0 Å². The van der Waals surface area contributed by atoms with E-state index in [1.54, 1.807) is 10.9 Å². The molecule has 2 unspecified atom stereocenters. The van der Waals surface area contributed by atoms with E-state index in [1.807, 2.05) is 25.2 Å². The highest BCUT2D eigenvalue weighted by molar-refractivity contribution is 5.23. The van der Waals surface area contributed by atoms with Crippen LogP contribution in [0.3, 0.4) is 0 Å². The summed E-state index contributed by atoms with van der Waals surface area (Å²) in [5.41, 5.74) is 5.16. The number of nitrogens with zero attached hydrogens (tertiary/aromatic N) is 3. The summed E-state index contributed by atoms with van der Waals surface area (Å²) in [4.78, 5) is 0. The monoisotopic (exact) mass is 245 g/mol. The van der Waals surface area contributed by atoms with Crippen molar-refractivity contribution in [2.24, 2.45) is 12.9 Å². The molecule has 0 radical (unpaired) electrons. The molecule has 0 aliphatic heterocycles. The molecule has 5 nitrogen and oxygen atoms in total. The van der Waals surface area contributed by atoms with Crippen molar-refractivity contribution in [1.29, 1.82) is 0 Å². The smallest absolute Gasteiger partial charge is 0.0772 e. The highest BCUT2D eigenvalue weighted by Gasteiger charge is 2.24. The lowest BCUT2D eigenvalue weighted by Crippen LogP contribution is -2.33. The van der Waals surface area contributed by atoms with E-state index in [4.69, 9.17) is 5.84 Å². The first-order valence-electron chi connectivity index (χ1n) is 6.13. The van der Waals surface area contributed by atoms with E-state index in [9.17, 15) is 0 Å². The molecule has 0 spiro atoms. The largest absolute Gasteiger partial charge is 0.271 e. The summed E-state index contributed by atoms with van der Waals surface area (Å²) in [6.07, 6.45) is 2.75. The average Bonchev–Trinajstić information content (AvgIpc) is 2.83. The van der Waals surface area contributed by atoms with Gasteiger partial charge in [0.2, 0.25) is 0 Å². The van der Waals surface area contributed by atoms with Crippen molar-refractivity contribution in [3.05, 3.63) is 47.8 Å². The van der Waals surface area contributed by atoms with Crippen molar-refractivity contribution >= 4 is 0 Å².